The number of carboxylic acid groups (broad SMARTS) is 1. The molecule has 4 rings (SSSR count). The lowest BCUT2D eigenvalue weighted by atomic mass is 9.83. The highest BCUT2D eigenvalue weighted by molar-refractivity contribution is 5.93. The van der Waals surface area contributed by atoms with E-state index in [0.717, 1.165) is 32.1 Å². The Morgan fingerprint density at radius 2 is 2.00 bits per heavy atom. The van der Waals surface area contributed by atoms with Gasteiger partial charge in [0.1, 0.15) is 28.7 Å². The van der Waals surface area contributed by atoms with E-state index in [1.165, 1.54) is 34.9 Å². The molecule has 0 amide bonds. The van der Waals surface area contributed by atoms with Crippen LogP contribution in [-0.2, 0) is 0 Å². The molecule has 9 heteroatoms. The Kier molecular flexibility index (Phi) is 5.58. The normalized spacial score (nSPS) is 16.7. The lowest BCUT2D eigenvalue weighted by Gasteiger charge is -2.37. The van der Waals surface area contributed by atoms with E-state index in [0.29, 0.717) is 17.0 Å². The summed E-state index contributed by atoms with van der Waals surface area (Å²) in [5.41, 5.74) is 0.642. The van der Waals surface area contributed by atoms with Gasteiger partial charge in [-0.05, 0) is 43.4 Å². The van der Waals surface area contributed by atoms with Gasteiger partial charge in [0.05, 0.1) is 6.04 Å². The molecule has 0 aromatic carbocycles. The van der Waals surface area contributed by atoms with E-state index >= 15 is 0 Å². The molecule has 32 heavy (non-hydrogen) atoms. The van der Waals surface area contributed by atoms with Gasteiger partial charge in [-0.25, -0.2) is 19.2 Å². The van der Waals surface area contributed by atoms with Crippen molar-refractivity contribution in [3.05, 3.63) is 64.0 Å². The molecule has 3 aromatic rings. The van der Waals surface area contributed by atoms with Crippen molar-refractivity contribution < 1.29 is 14.3 Å². The molecular weight excluding hydrogens is 413 g/mol. The second kappa shape index (κ2) is 8.22. The molecule has 1 aliphatic rings. The van der Waals surface area contributed by atoms with Gasteiger partial charge >= 0.3 is 5.97 Å². The van der Waals surface area contributed by atoms with Crippen LogP contribution in [0.5, 0.6) is 0 Å². The summed E-state index contributed by atoms with van der Waals surface area (Å²) >= 11 is 0. The highest BCUT2D eigenvalue weighted by atomic mass is 19.1. The van der Waals surface area contributed by atoms with Gasteiger partial charge in [0.25, 0.3) is 5.56 Å². The first-order valence-electron chi connectivity index (χ1n) is 10.6. The number of pyridine rings is 2. The summed E-state index contributed by atoms with van der Waals surface area (Å²) in [5, 5.41) is 12.4. The van der Waals surface area contributed by atoms with Crippen molar-refractivity contribution in [2.45, 2.75) is 39.7 Å². The highest BCUT2D eigenvalue weighted by Crippen LogP contribution is 2.32. The molecule has 3 aromatic heterocycles. The van der Waals surface area contributed by atoms with E-state index in [4.69, 9.17) is 4.98 Å². The Hall–Kier alpha value is -3.49. The van der Waals surface area contributed by atoms with Crippen LogP contribution in [0.1, 0.15) is 55.6 Å². The van der Waals surface area contributed by atoms with Crippen LogP contribution in [0.2, 0.25) is 0 Å². The maximum absolute atomic E-state index is 14.4. The Labute approximate surface area is 184 Å². The van der Waals surface area contributed by atoms with Crippen LogP contribution >= 0.6 is 0 Å². The van der Waals surface area contributed by atoms with Crippen LogP contribution in [0.15, 0.2) is 41.5 Å². The van der Waals surface area contributed by atoms with Gasteiger partial charge in [-0.2, -0.15) is 0 Å². The number of hydrogen-bond acceptors (Lipinski definition) is 6. The summed E-state index contributed by atoms with van der Waals surface area (Å²) in [6, 6.07) is 5.16. The average molecular weight is 439 g/mol. The van der Waals surface area contributed by atoms with Crippen molar-refractivity contribution in [1.29, 1.82) is 0 Å². The van der Waals surface area contributed by atoms with E-state index in [1.807, 2.05) is 0 Å². The van der Waals surface area contributed by atoms with E-state index in [1.54, 1.807) is 6.92 Å². The summed E-state index contributed by atoms with van der Waals surface area (Å²) in [6.45, 7) is 7.78. The SMILES string of the molecule is C[C@@H](Nc1ncccc1C(=O)O)c1cc(F)cn2c(=O)cc(N3CCC(C)(C)CC3)nc12. The molecular formula is C23H26FN5O3. The fourth-order valence-electron chi connectivity index (χ4n) is 3.98. The Balaban J connectivity index is 1.75. The van der Waals surface area contributed by atoms with Crippen molar-refractivity contribution in [2.24, 2.45) is 5.41 Å². The maximum Gasteiger partial charge on any atom is 0.339 e. The summed E-state index contributed by atoms with van der Waals surface area (Å²) in [4.78, 5) is 35.2. The van der Waals surface area contributed by atoms with Crippen molar-refractivity contribution in [3.63, 3.8) is 0 Å². The predicted molar refractivity (Wildman–Crippen MR) is 120 cm³/mol. The maximum atomic E-state index is 14.4. The molecule has 1 atom stereocenters. The topological polar surface area (TPSA) is 99.8 Å². The summed E-state index contributed by atoms with van der Waals surface area (Å²) in [7, 11) is 0. The van der Waals surface area contributed by atoms with Crippen LogP contribution in [0.3, 0.4) is 0 Å². The number of anilines is 2. The number of hydrogen-bond donors (Lipinski definition) is 2. The van der Waals surface area contributed by atoms with E-state index < -0.39 is 17.8 Å². The minimum Gasteiger partial charge on any atom is -0.478 e. The number of fused-ring (bicyclic) bond motifs is 1. The minimum absolute atomic E-state index is 0.00167. The molecule has 0 spiro atoms. The molecule has 1 aliphatic heterocycles. The number of carbonyl (C=O) groups is 1. The minimum atomic E-state index is -1.12. The number of nitrogens with zero attached hydrogens (tertiary/aromatic N) is 4. The van der Waals surface area contributed by atoms with Crippen molar-refractivity contribution >= 4 is 23.3 Å². The number of carboxylic acids is 1. The lowest BCUT2D eigenvalue weighted by molar-refractivity contribution is 0.0697. The second-order valence-corrected chi connectivity index (χ2v) is 8.98. The molecule has 0 unspecified atom stereocenters. The van der Waals surface area contributed by atoms with Gasteiger partial charge in [-0.15, -0.1) is 0 Å². The lowest BCUT2D eigenvalue weighted by Crippen LogP contribution is -2.38. The molecule has 1 fully saturated rings. The molecule has 4 heterocycles. The zero-order valence-electron chi connectivity index (χ0n) is 18.3. The molecule has 0 bridgehead atoms. The molecule has 0 aliphatic carbocycles. The largest absolute Gasteiger partial charge is 0.478 e. The third-order valence-electron chi connectivity index (χ3n) is 6.04. The van der Waals surface area contributed by atoms with Gasteiger partial charge in [0, 0.05) is 37.1 Å². The number of piperidine rings is 1. The fourth-order valence-corrected chi connectivity index (χ4v) is 3.98. The number of halogens is 1. The highest BCUT2D eigenvalue weighted by Gasteiger charge is 2.27. The molecule has 1 saturated heterocycles. The zero-order chi connectivity index (χ0) is 23.0. The first-order valence-corrected chi connectivity index (χ1v) is 10.6. The molecule has 8 nitrogen and oxygen atoms in total. The number of aromatic carboxylic acids is 1. The second-order valence-electron chi connectivity index (χ2n) is 8.98. The average Bonchev–Trinajstić information content (AvgIpc) is 2.74. The van der Waals surface area contributed by atoms with E-state index in [-0.39, 0.29) is 22.4 Å². The first-order chi connectivity index (χ1) is 15.1. The van der Waals surface area contributed by atoms with Crippen LogP contribution < -0.4 is 15.8 Å². The Bertz CT molecular complexity index is 1230. The first kappa shape index (κ1) is 21.7. The quantitative estimate of drug-likeness (QED) is 0.625. The van der Waals surface area contributed by atoms with Crippen molar-refractivity contribution in [3.8, 4) is 0 Å². The molecule has 168 valence electrons. The van der Waals surface area contributed by atoms with Crippen molar-refractivity contribution in [1.82, 2.24) is 14.4 Å². The van der Waals surface area contributed by atoms with Gasteiger partial charge in [-0.3, -0.25) is 9.20 Å². The van der Waals surface area contributed by atoms with Gasteiger partial charge in [0.2, 0.25) is 0 Å². The number of nitrogens with one attached hydrogen (secondary N) is 1. The molecule has 0 radical (unpaired) electrons. The third kappa shape index (κ3) is 4.28. The smallest absolute Gasteiger partial charge is 0.339 e. The molecule has 2 N–H and O–H groups in total. The standard InChI is InChI=1S/C23H26FN5O3/c1-14(26-20-16(22(31)32)5-4-8-25-20)17-11-15(24)13-29-19(30)12-18(27-21(17)29)28-9-6-23(2,3)7-10-28/h4-5,8,11-14H,6-7,9-10H2,1-3H3,(H,25,26)(H,31,32)/t14-/m1/s1. The van der Waals surface area contributed by atoms with Gasteiger partial charge < -0.3 is 15.3 Å². The van der Waals surface area contributed by atoms with Gasteiger partial charge in [0.15, 0.2) is 0 Å². The van der Waals surface area contributed by atoms with Gasteiger partial charge in [-0.1, -0.05) is 13.8 Å². The van der Waals surface area contributed by atoms with Crippen LogP contribution in [0.25, 0.3) is 5.65 Å². The van der Waals surface area contributed by atoms with Crippen LogP contribution in [0, 0.1) is 11.2 Å². The number of rotatable bonds is 5. The monoisotopic (exact) mass is 439 g/mol. The third-order valence-corrected chi connectivity index (χ3v) is 6.04. The van der Waals surface area contributed by atoms with Crippen LogP contribution in [0.4, 0.5) is 16.0 Å². The summed E-state index contributed by atoms with van der Waals surface area (Å²) in [6.07, 6.45) is 4.57. The Morgan fingerprint density at radius 3 is 2.69 bits per heavy atom. The molecule has 0 saturated carbocycles. The zero-order valence-corrected chi connectivity index (χ0v) is 18.3. The summed E-state index contributed by atoms with van der Waals surface area (Å²) in [5.74, 6) is -0.986. The number of aromatic nitrogens is 3. The van der Waals surface area contributed by atoms with Crippen LogP contribution in [-0.4, -0.2) is 38.5 Å². The fraction of sp³-hybridized carbons (Fsp3) is 0.391. The summed E-state index contributed by atoms with van der Waals surface area (Å²) < 4.78 is 15.6. The van der Waals surface area contributed by atoms with Crippen molar-refractivity contribution in [2.75, 3.05) is 23.3 Å². The van der Waals surface area contributed by atoms with E-state index in [2.05, 4.69) is 29.0 Å². The Morgan fingerprint density at radius 1 is 1.28 bits per heavy atom. The predicted octanol–water partition coefficient (Wildman–Crippen LogP) is 3.73. The van der Waals surface area contributed by atoms with E-state index in [9.17, 15) is 19.1 Å².